The molecule has 2 rings (SSSR count). The smallest absolute Gasteiger partial charge is 0.253 e. The van der Waals surface area contributed by atoms with Gasteiger partial charge in [-0.05, 0) is 76.6 Å². The normalized spacial score (nSPS) is 12.5. The van der Waals surface area contributed by atoms with Gasteiger partial charge in [-0.2, -0.15) is 0 Å². The van der Waals surface area contributed by atoms with Gasteiger partial charge in [-0.3, -0.25) is 28.8 Å². The lowest BCUT2D eigenvalue weighted by atomic mass is 10.0. The minimum absolute atomic E-state index is 0.0762. The van der Waals surface area contributed by atoms with Gasteiger partial charge in [0.25, 0.3) is 11.8 Å². The zero-order valence-corrected chi connectivity index (χ0v) is 30.0. The van der Waals surface area contributed by atoms with Gasteiger partial charge in [-0.25, -0.2) is 9.97 Å². The van der Waals surface area contributed by atoms with E-state index in [0.717, 1.165) is 0 Å². The van der Waals surface area contributed by atoms with Crippen LogP contribution in [0.2, 0.25) is 0 Å². The Morgan fingerprint density at radius 1 is 0.560 bits per heavy atom. The van der Waals surface area contributed by atoms with Crippen LogP contribution in [0.5, 0.6) is 0 Å². The highest BCUT2D eigenvalue weighted by Gasteiger charge is 2.24. The van der Waals surface area contributed by atoms with Gasteiger partial charge in [-0.1, -0.05) is 27.7 Å². The van der Waals surface area contributed by atoms with Gasteiger partial charge in [0, 0.05) is 24.5 Å². The minimum Gasteiger partial charge on any atom is -0.352 e. The van der Waals surface area contributed by atoms with Crippen LogP contribution in [0.3, 0.4) is 0 Å². The number of nitrogens with one attached hydrogen (secondary N) is 6. The maximum absolute atomic E-state index is 12.6. The number of hydrogen-bond acceptors (Lipinski definition) is 10. The van der Waals surface area contributed by atoms with Crippen LogP contribution in [0.4, 0.5) is 11.6 Å². The Morgan fingerprint density at radius 2 is 0.920 bits per heavy atom. The van der Waals surface area contributed by atoms with Crippen LogP contribution in [-0.4, -0.2) is 82.7 Å². The fraction of sp³-hybridized carbons (Fsp3) is 0.529. The molecule has 6 N–H and O–H groups in total. The van der Waals surface area contributed by atoms with Gasteiger partial charge < -0.3 is 31.9 Å². The molecule has 0 spiro atoms. The van der Waals surface area contributed by atoms with E-state index >= 15 is 0 Å². The SMILES string of the molecule is CC(C)C[C@H](NC(=O)CNC(=O)c1ccc(N=Nc2ccc(C(=O)NCC(=O)N[C@@H](CC(C)C)C(=O)NC(C)C)cn2)nc1)C(=O)NC(C)C. The topological polar surface area (TPSA) is 225 Å². The Morgan fingerprint density at radius 3 is 1.20 bits per heavy atom. The van der Waals surface area contributed by atoms with Crippen molar-refractivity contribution in [3.05, 3.63) is 47.8 Å². The van der Waals surface area contributed by atoms with E-state index in [4.69, 9.17) is 0 Å². The summed E-state index contributed by atoms with van der Waals surface area (Å²) in [6.07, 6.45) is 3.46. The van der Waals surface area contributed by atoms with Gasteiger partial charge >= 0.3 is 0 Å². The summed E-state index contributed by atoms with van der Waals surface area (Å²) < 4.78 is 0. The number of nitrogens with zero attached hydrogens (tertiary/aromatic N) is 4. The lowest BCUT2D eigenvalue weighted by molar-refractivity contribution is -0.129. The third-order valence-corrected chi connectivity index (χ3v) is 6.67. The number of carbonyl (C=O) groups excluding carboxylic acids is 6. The second kappa shape index (κ2) is 20.3. The maximum Gasteiger partial charge on any atom is 0.253 e. The van der Waals surface area contributed by atoms with E-state index in [9.17, 15) is 28.8 Å². The molecule has 0 saturated heterocycles. The molecule has 0 unspecified atom stereocenters. The first kappa shape index (κ1) is 40.9. The molecule has 2 heterocycles. The van der Waals surface area contributed by atoms with E-state index in [-0.39, 0.29) is 71.6 Å². The first-order valence-electron chi connectivity index (χ1n) is 16.6. The largest absolute Gasteiger partial charge is 0.352 e. The maximum atomic E-state index is 12.6. The van der Waals surface area contributed by atoms with Crippen molar-refractivity contribution in [1.29, 1.82) is 0 Å². The van der Waals surface area contributed by atoms with Crippen LogP contribution in [0, 0.1) is 11.8 Å². The van der Waals surface area contributed by atoms with Crippen molar-refractivity contribution in [2.75, 3.05) is 13.1 Å². The Hall–Kier alpha value is -5.28. The van der Waals surface area contributed by atoms with E-state index < -0.39 is 35.7 Å². The van der Waals surface area contributed by atoms with Gasteiger partial charge in [0.2, 0.25) is 23.6 Å². The summed E-state index contributed by atoms with van der Waals surface area (Å²) >= 11 is 0. The summed E-state index contributed by atoms with van der Waals surface area (Å²) in [6.45, 7) is 14.5. The van der Waals surface area contributed by atoms with Gasteiger partial charge in [0.15, 0.2) is 11.6 Å². The average Bonchev–Trinajstić information content (AvgIpc) is 3.04. The number of hydrogen-bond donors (Lipinski definition) is 6. The quantitative estimate of drug-likeness (QED) is 0.127. The number of azo groups is 1. The minimum atomic E-state index is -0.715. The fourth-order valence-corrected chi connectivity index (χ4v) is 4.45. The number of aromatic nitrogens is 2. The molecular formula is C34H50N10O6. The summed E-state index contributed by atoms with van der Waals surface area (Å²) in [6, 6.07) is 4.26. The fourth-order valence-electron chi connectivity index (χ4n) is 4.45. The Labute approximate surface area is 292 Å². The third kappa shape index (κ3) is 15.3. The highest BCUT2D eigenvalue weighted by molar-refractivity contribution is 5.98. The third-order valence-electron chi connectivity index (χ3n) is 6.67. The standard InChI is InChI=1S/C34H50N10O6/c1-19(2)13-25(33(49)39-21(5)6)41-29(45)17-37-31(47)23-9-11-27(35-15-23)43-44-28-12-10-24(16-36-28)32(48)38-18-30(46)42-26(14-20(3)4)34(50)40-22(7)8/h9-12,15-16,19-22,25-26H,13-14,17-18H2,1-8H3,(H,37,47)(H,38,48)(H,39,49)(H,40,50)(H,41,45)(H,42,46)/t25-,26-/m0/s1. The summed E-state index contributed by atoms with van der Waals surface area (Å²) in [5, 5.41) is 23.9. The van der Waals surface area contributed by atoms with Crippen molar-refractivity contribution in [3.63, 3.8) is 0 Å². The zero-order valence-electron chi connectivity index (χ0n) is 30.0. The Balaban J connectivity index is 1.87. The number of rotatable bonds is 18. The molecule has 0 aromatic carbocycles. The van der Waals surface area contributed by atoms with E-state index in [1.807, 2.05) is 55.4 Å². The molecule has 2 aromatic rings. The number of pyridine rings is 2. The highest BCUT2D eigenvalue weighted by Crippen LogP contribution is 2.15. The van der Waals surface area contributed by atoms with E-state index in [2.05, 4.69) is 52.1 Å². The molecule has 0 fully saturated rings. The van der Waals surface area contributed by atoms with Gasteiger partial charge in [-0.15, -0.1) is 10.2 Å². The molecule has 0 saturated carbocycles. The second-order valence-corrected chi connectivity index (χ2v) is 13.2. The molecule has 16 nitrogen and oxygen atoms in total. The molecule has 0 aliphatic carbocycles. The van der Waals surface area contributed by atoms with Crippen LogP contribution < -0.4 is 31.9 Å². The van der Waals surface area contributed by atoms with Crippen molar-refractivity contribution in [2.24, 2.45) is 22.1 Å². The molecule has 16 heteroatoms. The molecule has 2 atom stereocenters. The number of amides is 6. The summed E-state index contributed by atoms with van der Waals surface area (Å²) in [5.74, 6) is -1.94. The van der Waals surface area contributed by atoms with E-state index in [1.165, 1.54) is 36.7 Å². The monoisotopic (exact) mass is 694 g/mol. The number of carbonyl (C=O) groups is 6. The van der Waals surface area contributed by atoms with Crippen LogP contribution in [-0.2, 0) is 19.2 Å². The van der Waals surface area contributed by atoms with E-state index in [1.54, 1.807) is 0 Å². The predicted molar refractivity (Wildman–Crippen MR) is 187 cm³/mol. The molecule has 0 aliphatic rings. The van der Waals surface area contributed by atoms with Crippen LogP contribution >= 0.6 is 0 Å². The van der Waals surface area contributed by atoms with Crippen molar-refractivity contribution in [1.82, 2.24) is 41.9 Å². The molecule has 0 aliphatic heterocycles. The first-order chi connectivity index (χ1) is 23.5. The molecule has 6 amide bonds. The van der Waals surface area contributed by atoms with Crippen molar-refractivity contribution in [3.8, 4) is 0 Å². The van der Waals surface area contributed by atoms with Crippen LogP contribution in [0.1, 0.15) is 88.9 Å². The van der Waals surface area contributed by atoms with E-state index in [0.29, 0.717) is 12.8 Å². The summed E-state index contributed by atoms with van der Waals surface area (Å²) in [4.78, 5) is 83.1. The van der Waals surface area contributed by atoms with Crippen molar-refractivity contribution < 1.29 is 28.8 Å². The van der Waals surface area contributed by atoms with Crippen LogP contribution in [0.15, 0.2) is 46.9 Å². The molecule has 0 radical (unpaired) electrons. The molecule has 272 valence electrons. The summed E-state index contributed by atoms with van der Waals surface area (Å²) in [5.41, 5.74) is 0.369. The average molecular weight is 695 g/mol. The highest BCUT2D eigenvalue weighted by atomic mass is 16.2. The first-order valence-corrected chi connectivity index (χ1v) is 16.6. The predicted octanol–water partition coefficient (Wildman–Crippen LogP) is 2.46. The van der Waals surface area contributed by atoms with Crippen molar-refractivity contribution >= 4 is 47.1 Å². The zero-order chi connectivity index (χ0) is 37.4. The lowest BCUT2D eigenvalue weighted by Gasteiger charge is -2.21. The molecule has 0 bridgehead atoms. The van der Waals surface area contributed by atoms with Crippen LogP contribution in [0.25, 0.3) is 0 Å². The second-order valence-electron chi connectivity index (χ2n) is 13.2. The summed E-state index contributed by atoms with van der Waals surface area (Å²) in [7, 11) is 0. The Kier molecular flexibility index (Phi) is 16.6. The Bertz CT molecular complexity index is 1380. The molecular weight excluding hydrogens is 644 g/mol. The molecule has 50 heavy (non-hydrogen) atoms. The van der Waals surface area contributed by atoms with Gasteiger partial charge in [0.1, 0.15) is 12.1 Å². The molecule has 2 aromatic heterocycles. The van der Waals surface area contributed by atoms with Crippen molar-refractivity contribution in [2.45, 2.75) is 92.4 Å². The van der Waals surface area contributed by atoms with Gasteiger partial charge in [0.05, 0.1) is 24.2 Å². The lowest BCUT2D eigenvalue weighted by Crippen LogP contribution is -2.51.